The van der Waals surface area contributed by atoms with Crippen molar-refractivity contribution in [2.75, 3.05) is 5.73 Å². The predicted molar refractivity (Wildman–Crippen MR) is 57.6 cm³/mol. The number of hydrogen-bond donors (Lipinski definition) is 1. The van der Waals surface area contributed by atoms with Crippen LogP contribution in [0.2, 0.25) is 10.0 Å². The number of nitrogens with two attached hydrogens (primary N) is 1. The van der Waals surface area contributed by atoms with Crippen molar-refractivity contribution >= 4 is 29.0 Å². The van der Waals surface area contributed by atoms with Crippen LogP contribution in [0.3, 0.4) is 0 Å². The molecule has 0 aliphatic heterocycles. The molecule has 0 aliphatic rings. The smallest absolute Gasteiger partial charge is 0.235 e. The van der Waals surface area contributed by atoms with Gasteiger partial charge in [0.1, 0.15) is 10.8 Å². The second-order valence-electron chi connectivity index (χ2n) is 2.57. The molecule has 3 nitrogen and oxygen atoms in total. The Labute approximate surface area is 92.2 Å². The Balaban J connectivity index is 2.99. The monoisotopic (exact) mass is 230 g/mol. The van der Waals surface area contributed by atoms with Gasteiger partial charge in [-0.15, -0.1) is 6.42 Å². The van der Waals surface area contributed by atoms with Crippen LogP contribution in [-0.2, 0) is 0 Å². The minimum Gasteiger partial charge on any atom is -0.460 e. The van der Waals surface area contributed by atoms with E-state index in [2.05, 4.69) is 10.9 Å². The first-order valence-electron chi connectivity index (χ1n) is 3.79. The zero-order valence-electron chi connectivity index (χ0n) is 7.42. The Bertz CT molecular complexity index is 387. The maximum absolute atomic E-state index is 5.81. The van der Waals surface area contributed by atoms with Crippen LogP contribution in [0.25, 0.3) is 0 Å². The van der Waals surface area contributed by atoms with E-state index in [1.807, 2.05) is 0 Å². The van der Waals surface area contributed by atoms with E-state index in [0.717, 1.165) is 0 Å². The zero-order chi connectivity index (χ0) is 10.7. The van der Waals surface area contributed by atoms with Gasteiger partial charge in [-0.1, -0.05) is 29.1 Å². The number of anilines is 1. The molecule has 0 fully saturated rings. The van der Waals surface area contributed by atoms with Crippen molar-refractivity contribution in [3.8, 4) is 18.2 Å². The van der Waals surface area contributed by atoms with Gasteiger partial charge >= 0.3 is 0 Å². The number of nitrogen functional groups attached to an aromatic ring is 1. The van der Waals surface area contributed by atoms with Crippen molar-refractivity contribution in [1.29, 1.82) is 0 Å². The molecule has 0 bridgehead atoms. The Morgan fingerprint density at radius 3 is 2.79 bits per heavy atom. The molecular weight excluding hydrogens is 223 g/mol. The molecule has 1 aromatic rings. The topological polar surface area (TPSA) is 48.1 Å². The molecule has 1 heterocycles. The van der Waals surface area contributed by atoms with Gasteiger partial charge < -0.3 is 10.5 Å². The van der Waals surface area contributed by atoms with Crippen LogP contribution in [0.4, 0.5) is 5.82 Å². The number of pyridine rings is 1. The van der Waals surface area contributed by atoms with E-state index in [0.29, 0.717) is 0 Å². The summed E-state index contributed by atoms with van der Waals surface area (Å²) in [6, 6.07) is 1.46. The maximum atomic E-state index is 5.81. The molecule has 0 aliphatic carbocycles. The van der Waals surface area contributed by atoms with Crippen LogP contribution < -0.4 is 10.5 Å². The van der Waals surface area contributed by atoms with E-state index in [1.54, 1.807) is 6.92 Å². The van der Waals surface area contributed by atoms with E-state index in [4.69, 9.17) is 40.1 Å². The standard InChI is InChI=1S/C9H8Cl2N2O/c1-3-5(2)14-9-7(11)4-6(10)8(12)13-9/h1,4-5H,2H3,(H2,12,13). The van der Waals surface area contributed by atoms with Crippen LogP contribution >= 0.6 is 23.2 Å². The third kappa shape index (κ3) is 2.44. The minimum atomic E-state index is -0.416. The Kier molecular flexibility index (Phi) is 3.45. The van der Waals surface area contributed by atoms with Gasteiger partial charge in [0.2, 0.25) is 5.88 Å². The molecule has 2 N–H and O–H groups in total. The van der Waals surface area contributed by atoms with Gasteiger partial charge in [-0.2, -0.15) is 4.98 Å². The van der Waals surface area contributed by atoms with Crippen molar-refractivity contribution in [3.63, 3.8) is 0 Å². The lowest BCUT2D eigenvalue weighted by molar-refractivity contribution is 0.268. The van der Waals surface area contributed by atoms with Crippen molar-refractivity contribution in [3.05, 3.63) is 16.1 Å². The molecule has 1 aromatic heterocycles. The van der Waals surface area contributed by atoms with E-state index < -0.39 is 6.10 Å². The molecular formula is C9H8Cl2N2O. The van der Waals surface area contributed by atoms with Crippen molar-refractivity contribution in [2.24, 2.45) is 0 Å². The largest absolute Gasteiger partial charge is 0.460 e. The molecule has 0 saturated carbocycles. The fourth-order valence-corrected chi connectivity index (χ4v) is 1.15. The summed E-state index contributed by atoms with van der Waals surface area (Å²) in [5.41, 5.74) is 5.47. The molecule has 1 rings (SSSR count). The second-order valence-corrected chi connectivity index (χ2v) is 3.38. The fraction of sp³-hybridized carbons (Fsp3) is 0.222. The third-order valence-corrected chi connectivity index (χ3v) is 2.02. The first-order valence-corrected chi connectivity index (χ1v) is 4.54. The summed E-state index contributed by atoms with van der Waals surface area (Å²) >= 11 is 11.5. The number of terminal acetylenes is 1. The minimum absolute atomic E-state index is 0.162. The van der Waals surface area contributed by atoms with Crippen LogP contribution in [0.15, 0.2) is 6.07 Å². The fourth-order valence-electron chi connectivity index (χ4n) is 0.747. The number of ether oxygens (including phenoxy) is 1. The van der Waals surface area contributed by atoms with E-state index in [9.17, 15) is 0 Å². The molecule has 0 saturated heterocycles. The molecule has 0 radical (unpaired) electrons. The number of aromatic nitrogens is 1. The number of halogens is 2. The molecule has 14 heavy (non-hydrogen) atoms. The summed E-state index contributed by atoms with van der Waals surface area (Å²) in [7, 11) is 0. The first kappa shape index (κ1) is 11.0. The highest BCUT2D eigenvalue weighted by atomic mass is 35.5. The van der Waals surface area contributed by atoms with Gasteiger partial charge in [-0.3, -0.25) is 0 Å². The summed E-state index contributed by atoms with van der Waals surface area (Å²) in [5, 5.41) is 0.571. The Hall–Kier alpha value is -1.11. The van der Waals surface area contributed by atoms with Crippen molar-refractivity contribution < 1.29 is 4.74 Å². The predicted octanol–water partition coefficient (Wildman–Crippen LogP) is 2.37. The van der Waals surface area contributed by atoms with E-state index in [1.165, 1.54) is 6.07 Å². The zero-order valence-corrected chi connectivity index (χ0v) is 8.93. The molecule has 1 unspecified atom stereocenters. The highest BCUT2D eigenvalue weighted by Crippen LogP contribution is 2.29. The lowest BCUT2D eigenvalue weighted by Crippen LogP contribution is -2.10. The van der Waals surface area contributed by atoms with Gasteiger partial charge in [0, 0.05) is 0 Å². The molecule has 0 aromatic carbocycles. The summed E-state index contributed by atoms with van der Waals surface area (Å²) < 4.78 is 5.21. The average Bonchev–Trinajstić information content (AvgIpc) is 2.14. The summed E-state index contributed by atoms with van der Waals surface area (Å²) in [6.07, 6.45) is 4.72. The lowest BCUT2D eigenvalue weighted by Gasteiger charge is -2.10. The highest BCUT2D eigenvalue weighted by molar-refractivity contribution is 6.36. The average molecular weight is 231 g/mol. The number of rotatable bonds is 2. The van der Waals surface area contributed by atoms with E-state index >= 15 is 0 Å². The van der Waals surface area contributed by atoms with Crippen molar-refractivity contribution in [2.45, 2.75) is 13.0 Å². The lowest BCUT2D eigenvalue weighted by atomic mass is 10.4. The van der Waals surface area contributed by atoms with Crippen LogP contribution in [-0.4, -0.2) is 11.1 Å². The highest BCUT2D eigenvalue weighted by Gasteiger charge is 2.10. The Morgan fingerprint density at radius 1 is 1.57 bits per heavy atom. The molecule has 0 amide bonds. The van der Waals surface area contributed by atoms with Gasteiger partial charge in [-0.05, 0) is 13.0 Å². The van der Waals surface area contributed by atoms with Gasteiger partial charge in [0.25, 0.3) is 0 Å². The summed E-state index contributed by atoms with van der Waals surface area (Å²) in [4.78, 5) is 3.86. The third-order valence-electron chi connectivity index (χ3n) is 1.45. The SMILES string of the molecule is C#CC(C)Oc1nc(N)c(Cl)cc1Cl. The van der Waals surface area contributed by atoms with Crippen molar-refractivity contribution in [1.82, 2.24) is 4.98 Å². The van der Waals surface area contributed by atoms with Gasteiger partial charge in [-0.25, -0.2) is 0 Å². The van der Waals surface area contributed by atoms with E-state index in [-0.39, 0.29) is 21.7 Å². The summed E-state index contributed by atoms with van der Waals surface area (Å²) in [6.45, 7) is 1.70. The molecule has 0 spiro atoms. The molecule has 1 atom stereocenters. The Morgan fingerprint density at radius 2 is 2.21 bits per heavy atom. The quantitative estimate of drug-likeness (QED) is 0.795. The van der Waals surface area contributed by atoms with Gasteiger partial charge in [0.15, 0.2) is 6.10 Å². The van der Waals surface area contributed by atoms with Crippen LogP contribution in [0, 0.1) is 12.3 Å². The first-order chi connectivity index (χ1) is 6.54. The molecule has 5 heteroatoms. The van der Waals surface area contributed by atoms with Gasteiger partial charge in [0.05, 0.1) is 5.02 Å². The normalized spacial score (nSPS) is 11.9. The number of nitrogens with zero attached hydrogens (tertiary/aromatic N) is 1. The summed E-state index contributed by atoms with van der Waals surface area (Å²) in [5.74, 6) is 2.74. The van der Waals surface area contributed by atoms with Crippen LogP contribution in [0.5, 0.6) is 5.88 Å². The second kappa shape index (κ2) is 4.41. The van der Waals surface area contributed by atoms with Crippen LogP contribution in [0.1, 0.15) is 6.92 Å². The number of hydrogen-bond acceptors (Lipinski definition) is 3. The maximum Gasteiger partial charge on any atom is 0.235 e. The molecule has 74 valence electrons.